The second-order valence-corrected chi connectivity index (χ2v) is 4.45. The number of amides is 1. The molecule has 2 fully saturated rings. The van der Waals surface area contributed by atoms with Crippen LogP contribution in [0, 0.1) is 5.92 Å². The molecule has 2 heterocycles. The molecular weight excluding hydrogens is 194 g/mol. The Kier molecular flexibility index (Phi) is 3.43. The first-order chi connectivity index (χ1) is 7.25. The maximum absolute atomic E-state index is 10.2. The highest BCUT2D eigenvalue weighted by Gasteiger charge is 2.35. The van der Waals surface area contributed by atoms with Gasteiger partial charge in [0, 0.05) is 25.7 Å². The molecule has 1 amide bonds. The molecule has 15 heavy (non-hydrogen) atoms. The van der Waals surface area contributed by atoms with E-state index in [0.717, 1.165) is 25.4 Å². The van der Waals surface area contributed by atoms with Crippen molar-refractivity contribution in [1.82, 2.24) is 15.5 Å². The molecule has 86 valence electrons. The number of rotatable bonds is 4. The Morgan fingerprint density at radius 2 is 2.40 bits per heavy atom. The van der Waals surface area contributed by atoms with E-state index in [9.17, 15) is 4.79 Å². The Morgan fingerprint density at radius 3 is 3.13 bits per heavy atom. The van der Waals surface area contributed by atoms with Crippen LogP contribution < -0.4 is 10.6 Å². The van der Waals surface area contributed by atoms with E-state index in [4.69, 9.17) is 5.11 Å². The molecule has 0 aromatic heterocycles. The van der Waals surface area contributed by atoms with Crippen molar-refractivity contribution in [3.05, 3.63) is 0 Å². The molecule has 2 aliphatic heterocycles. The zero-order chi connectivity index (χ0) is 10.7. The number of nitrogens with one attached hydrogen (secondary N) is 2. The molecule has 5 heteroatoms. The van der Waals surface area contributed by atoms with Crippen LogP contribution in [0.1, 0.15) is 12.8 Å². The quantitative estimate of drug-likeness (QED) is 0.572. The van der Waals surface area contributed by atoms with Gasteiger partial charge in [0.1, 0.15) is 0 Å². The second kappa shape index (κ2) is 4.81. The van der Waals surface area contributed by atoms with Crippen LogP contribution in [0.2, 0.25) is 0 Å². The molecule has 5 nitrogen and oxygen atoms in total. The lowest BCUT2D eigenvalue weighted by atomic mass is 10.1. The SMILES string of the molecule is O=C(O)NCCCN1CC2CCNC2C1. The highest BCUT2D eigenvalue weighted by atomic mass is 16.4. The van der Waals surface area contributed by atoms with Crippen LogP contribution >= 0.6 is 0 Å². The lowest BCUT2D eigenvalue weighted by Crippen LogP contribution is -2.32. The van der Waals surface area contributed by atoms with Gasteiger partial charge in [-0.15, -0.1) is 0 Å². The van der Waals surface area contributed by atoms with Gasteiger partial charge in [0.05, 0.1) is 0 Å². The van der Waals surface area contributed by atoms with Gasteiger partial charge in [-0.2, -0.15) is 0 Å². The molecule has 0 saturated carbocycles. The summed E-state index contributed by atoms with van der Waals surface area (Å²) in [5.41, 5.74) is 0. The van der Waals surface area contributed by atoms with Crippen molar-refractivity contribution in [2.24, 2.45) is 5.92 Å². The van der Waals surface area contributed by atoms with Crippen molar-refractivity contribution < 1.29 is 9.90 Å². The second-order valence-electron chi connectivity index (χ2n) is 4.45. The minimum absolute atomic E-state index is 0.564. The Hall–Kier alpha value is -0.810. The normalized spacial score (nSPS) is 30.4. The van der Waals surface area contributed by atoms with Gasteiger partial charge >= 0.3 is 6.09 Å². The number of carboxylic acid groups (broad SMARTS) is 1. The molecule has 0 spiro atoms. The predicted molar refractivity (Wildman–Crippen MR) is 57.0 cm³/mol. The van der Waals surface area contributed by atoms with Crippen LogP contribution in [-0.2, 0) is 0 Å². The topological polar surface area (TPSA) is 64.6 Å². The minimum Gasteiger partial charge on any atom is -0.465 e. The zero-order valence-electron chi connectivity index (χ0n) is 8.91. The summed E-state index contributed by atoms with van der Waals surface area (Å²) >= 11 is 0. The number of hydrogen-bond acceptors (Lipinski definition) is 3. The maximum Gasteiger partial charge on any atom is 0.404 e. The average molecular weight is 213 g/mol. The molecular formula is C10H19N3O2. The summed E-state index contributed by atoms with van der Waals surface area (Å²) in [6.45, 7) is 5.07. The van der Waals surface area contributed by atoms with Crippen LogP contribution in [0.5, 0.6) is 0 Å². The fraction of sp³-hybridized carbons (Fsp3) is 0.900. The van der Waals surface area contributed by atoms with Gasteiger partial charge in [-0.3, -0.25) is 0 Å². The summed E-state index contributed by atoms with van der Waals surface area (Å²) in [5.74, 6) is 0.831. The van der Waals surface area contributed by atoms with E-state index >= 15 is 0 Å². The largest absolute Gasteiger partial charge is 0.465 e. The number of hydrogen-bond donors (Lipinski definition) is 3. The van der Waals surface area contributed by atoms with E-state index in [0.29, 0.717) is 12.6 Å². The van der Waals surface area contributed by atoms with Crippen molar-refractivity contribution >= 4 is 6.09 Å². The highest BCUT2D eigenvalue weighted by Crippen LogP contribution is 2.24. The van der Waals surface area contributed by atoms with E-state index in [-0.39, 0.29) is 0 Å². The number of fused-ring (bicyclic) bond motifs is 1. The monoisotopic (exact) mass is 213 g/mol. The zero-order valence-corrected chi connectivity index (χ0v) is 8.91. The van der Waals surface area contributed by atoms with E-state index in [1.54, 1.807) is 0 Å². The highest BCUT2D eigenvalue weighted by molar-refractivity contribution is 5.64. The first-order valence-electron chi connectivity index (χ1n) is 5.68. The molecule has 0 radical (unpaired) electrons. The van der Waals surface area contributed by atoms with Gasteiger partial charge in [0.15, 0.2) is 0 Å². The minimum atomic E-state index is -0.921. The number of nitrogens with zero attached hydrogens (tertiary/aromatic N) is 1. The fourth-order valence-electron chi connectivity index (χ4n) is 2.62. The van der Waals surface area contributed by atoms with Crippen LogP contribution in [0.25, 0.3) is 0 Å². The first kappa shape index (κ1) is 10.7. The lowest BCUT2D eigenvalue weighted by molar-refractivity contribution is 0.193. The Bertz CT molecular complexity index is 223. The van der Waals surface area contributed by atoms with E-state index in [1.807, 2.05) is 0 Å². The summed E-state index contributed by atoms with van der Waals surface area (Å²) in [6.07, 6.45) is 1.29. The third-order valence-electron chi connectivity index (χ3n) is 3.37. The van der Waals surface area contributed by atoms with Gasteiger partial charge in [0.25, 0.3) is 0 Å². The van der Waals surface area contributed by atoms with Gasteiger partial charge in [-0.1, -0.05) is 0 Å². The van der Waals surface area contributed by atoms with Crippen LogP contribution in [0.4, 0.5) is 4.79 Å². The summed E-state index contributed by atoms with van der Waals surface area (Å²) in [7, 11) is 0. The van der Waals surface area contributed by atoms with E-state index in [1.165, 1.54) is 19.5 Å². The maximum atomic E-state index is 10.2. The average Bonchev–Trinajstić information content (AvgIpc) is 2.71. The van der Waals surface area contributed by atoms with E-state index in [2.05, 4.69) is 15.5 Å². The van der Waals surface area contributed by atoms with Crippen molar-refractivity contribution in [3.8, 4) is 0 Å². The van der Waals surface area contributed by atoms with Crippen LogP contribution in [0.3, 0.4) is 0 Å². The molecule has 2 saturated heterocycles. The Balaban J connectivity index is 1.59. The van der Waals surface area contributed by atoms with Gasteiger partial charge in [-0.05, 0) is 31.8 Å². The molecule has 2 rings (SSSR count). The molecule has 3 N–H and O–H groups in total. The van der Waals surface area contributed by atoms with Crippen molar-refractivity contribution in [2.45, 2.75) is 18.9 Å². The van der Waals surface area contributed by atoms with E-state index < -0.39 is 6.09 Å². The van der Waals surface area contributed by atoms with Crippen molar-refractivity contribution in [2.75, 3.05) is 32.7 Å². The molecule has 0 aliphatic carbocycles. The molecule has 0 bridgehead atoms. The number of likely N-dealkylation sites (tertiary alicyclic amines) is 1. The smallest absolute Gasteiger partial charge is 0.404 e. The van der Waals surface area contributed by atoms with Crippen molar-refractivity contribution in [3.63, 3.8) is 0 Å². The predicted octanol–water partition coefficient (Wildman–Crippen LogP) is -0.0622. The van der Waals surface area contributed by atoms with Gasteiger partial charge in [0.2, 0.25) is 0 Å². The first-order valence-corrected chi connectivity index (χ1v) is 5.68. The van der Waals surface area contributed by atoms with Crippen molar-refractivity contribution in [1.29, 1.82) is 0 Å². The molecule has 0 aromatic carbocycles. The molecule has 2 unspecified atom stereocenters. The molecule has 0 aromatic rings. The Morgan fingerprint density at radius 1 is 1.53 bits per heavy atom. The summed E-state index contributed by atoms with van der Waals surface area (Å²) in [6, 6.07) is 0.692. The standard InChI is InChI=1S/C10H19N3O2/c14-10(15)12-3-1-5-13-6-8-2-4-11-9(8)7-13/h8-9,11-12H,1-7H2,(H,14,15). The summed E-state index contributed by atoms with van der Waals surface area (Å²) in [4.78, 5) is 12.7. The third kappa shape index (κ3) is 2.82. The summed E-state index contributed by atoms with van der Waals surface area (Å²) in [5, 5.41) is 14.3. The lowest BCUT2D eigenvalue weighted by Gasteiger charge is -2.16. The van der Waals surface area contributed by atoms with Crippen LogP contribution in [0.15, 0.2) is 0 Å². The Labute approximate surface area is 89.8 Å². The number of carbonyl (C=O) groups is 1. The third-order valence-corrected chi connectivity index (χ3v) is 3.37. The molecule has 2 aliphatic rings. The van der Waals surface area contributed by atoms with Gasteiger partial charge in [-0.25, -0.2) is 4.79 Å². The molecule has 2 atom stereocenters. The summed E-state index contributed by atoms with van der Waals surface area (Å²) < 4.78 is 0. The fourth-order valence-corrected chi connectivity index (χ4v) is 2.62. The van der Waals surface area contributed by atoms with Crippen LogP contribution in [-0.4, -0.2) is 54.9 Å². The van der Waals surface area contributed by atoms with Gasteiger partial charge < -0.3 is 20.6 Å².